The Balaban J connectivity index is 1.92. The quantitative estimate of drug-likeness (QED) is 0.362. The molecule has 0 aliphatic rings. The predicted octanol–water partition coefficient (Wildman–Crippen LogP) is 4.96. The summed E-state index contributed by atoms with van der Waals surface area (Å²) in [6.07, 6.45) is 1.59. The average molecular weight is 464 g/mol. The van der Waals surface area contributed by atoms with Gasteiger partial charge in [-0.2, -0.15) is 0 Å². The highest BCUT2D eigenvalue weighted by Crippen LogP contribution is 2.31. The Hall–Kier alpha value is -3.77. The van der Waals surface area contributed by atoms with Crippen molar-refractivity contribution in [2.45, 2.75) is 6.54 Å². The average Bonchev–Trinajstić information content (AvgIpc) is 2.85. The molecule has 0 saturated heterocycles. The Labute approximate surface area is 195 Å². The van der Waals surface area contributed by atoms with E-state index in [0.717, 1.165) is 11.3 Å². The number of halogens is 1. The molecule has 0 amide bonds. The van der Waals surface area contributed by atoms with Gasteiger partial charge in [0.2, 0.25) is 5.43 Å². The molecule has 0 unspecified atom stereocenters. The Morgan fingerprint density at radius 3 is 2.12 bits per heavy atom. The minimum absolute atomic E-state index is 0.0607. The lowest BCUT2D eigenvalue weighted by Crippen LogP contribution is -2.20. The Morgan fingerprint density at radius 2 is 1.52 bits per heavy atom. The molecule has 0 N–H and O–H groups in total. The first-order valence-corrected chi connectivity index (χ1v) is 10.6. The van der Waals surface area contributed by atoms with Gasteiger partial charge in [-0.25, -0.2) is 0 Å². The van der Waals surface area contributed by atoms with Crippen LogP contribution >= 0.6 is 11.6 Å². The number of aromatic nitrogens is 1. The molecule has 4 rings (SSSR count). The van der Waals surface area contributed by atoms with Gasteiger partial charge in [0, 0.05) is 29.4 Å². The fourth-order valence-corrected chi connectivity index (χ4v) is 3.82. The zero-order valence-corrected chi connectivity index (χ0v) is 19.2. The van der Waals surface area contributed by atoms with Gasteiger partial charge in [0.1, 0.15) is 5.75 Å². The lowest BCUT2D eigenvalue weighted by atomic mass is 10.0. The van der Waals surface area contributed by atoms with Crippen LogP contribution < -0.4 is 19.6 Å². The maximum absolute atomic E-state index is 13.4. The van der Waals surface area contributed by atoms with Crippen LogP contribution in [-0.2, 0) is 6.54 Å². The van der Waals surface area contributed by atoms with Gasteiger partial charge in [0.05, 0.1) is 37.8 Å². The standard InChI is InChI=1S/C26H22ClNO5/c1-31-19-10-4-16(5-11-19)14-28-15-21(25(29)17-6-8-18(27)9-7-17)26(30)20-12-23(32-2)24(33-3)13-22(20)28/h4-13,15H,14H2,1-3H3. The summed E-state index contributed by atoms with van der Waals surface area (Å²) >= 11 is 5.96. The second kappa shape index (κ2) is 9.38. The molecule has 0 fully saturated rings. The van der Waals surface area contributed by atoms with E-state index >= 15 is 0 Å². The summed E-state index contributed by atoms with van der Waals surface area (Å²) in [5, 5.41) is 0.875. The van der Waals surface area contributed by atoms with E-state index in [-0.39, 0.29) is 16.8 Å². The van der Waals surface area contributed by atoms with Crippen LogP contribution in [0.3, 0.4) is 0 Å². The predicted molar refractivity (Wildman–Crippen MR) is 128 cm³/mol. The highest BCUT2D eigenvalue weighted by Gasteiger charge is 2.19. The topological polar surface area (TPSA) is 66.8 Å². The summed E-state index contributed by atoms with van der Waals surface area (Å²) in [4.78, 5) is 26.7. The highest BCUT2D eigenvalue weighted by molar-refractivity contribution is 6.30. The molecule has 0 aliphatic carbocycles. The molecule has 7 heteroatoms. The largest absolute Gasteiger partial charge is 0.497 e. The second-order valence-corrected chi connectivity index (χ2v) is 7.84. The van der Waals surface area contributed by atoms with E-state index in [1.54, 1.807) is 49.7 Å². The van der Waals surface area contributed by atoms with Gasteiger partial charge in [0.25, 0.3) is 0 Å². The van der Waals surface area contributed by atoms with Crippen LogP contribution in [0.5, 0.6) is 17.2 Å². The summed E-state index contributed by atoms with van der Waals surface area (Å²) in [7, 11) is 4.65. The fourth-order valence-electron chi connectivity index (χ4n) is 3.69. The summed E-state index contributed by atoms with van der Waals surface area (Å²) < 4.78 is 17.9. The van der Waals surface area contributed by atoms with E-state index in [4.69, 9.17) is 25.8 Å². The maximum atomic E-state index is 13.4. The van der Waals surface area contributed by atoms with Gasteiger partial charge in [-0.15, -0.1) is 0 Å². The van der Waals surface area contributed by atoms with Crippen LogP contribution in [0.15, 0.2) is 71.7 Å². The van der Waals surface area contributed by atoms with Crippen molar-refractivity contribution in [2.24, 2.45) is 0 Å². The third kappa shape index (κ3) is 4.43. The molecule has 0 aliphatic heterocycles. The minimum atomic E-state index is -0.378. The van der Waals surface area contributed by atoms with Crippen LogP contribution in [0.4, 0.5) is 0 Å². The molecular weight excluding hydrogens is 442 g/mol. The van der Waals surface area contributed by atoms with Gasteiger partial charge in [-0.3, -0.25) is 9.59 Å². The zero-order chi connectivity index (χ0) is 23.5. The number of ketones is 1. The van der Waals surface area contributed by atoms with E-state index < -0.39 is 0 Å². The van der Waals surface area contributed by atoms with Crippen molar-refractivity contribution in [1.29, 1.82) is 0 Å². The molecule has 1 heterocycles. The number of fused-ring (bicyclic) bond motifs is 1. The van der Waals surface area contributed by atoms with Crippen LogP contribution in [0, 0.1) is 0 Å². The molecule has 0 saturated carbocycles. The first kappa shape index (κ1) is 22.4. The number of carbonyl (C=O) groups excluding carboxylic acids is 1. The number of methoxy groups -OCH3 is 3. The van der Waals surface area contributed by atoms with Crippen molar-refractivity contribution < 1.29 is 19.0 Å². The molecule has 4 aromatic rings. The van der Waals surface area contributed by atoms with E-state index in [0.29, 0.717) is 39.5 Å². The molecule has 0 atom stereocenters. The first-order valence-electron chi connectivity index (χ1n) is 10.2. The molecule has 6 nitrogen and oxygen atoms in total. The number of ether oxygens (including phenoxy) is 3. The van der Waals surface area contributed by atoms with Gasteiger partial charge in [-0.1, -0.05) is 23.7 Å². The summed E-state index contributed by atoms with van der Waals surface area (Å²) in [5.41, 5.74) is 1.66. The molecule has 0 spiro atoms. The summed E-state index contributed by atoms with van der Waals surface area (Å²) in [6.45, 7) is 0.428. The Morgan fingerprint density at radius 1 is 0.879 bits per heavy atom. The van der Waals surface area contributed by atoms with Crippen molar-refractivity contribution in [2.75, 3.05) is 21.3 Å². The molecule has 0 radical (unpaired) electrons. The summed E-state index contributed by atoms with van der Waals surface area (Å²) in [6, 6.07) is 17.4. The first-order chi connectivity index (χ1) is 15.9. The number of rotatable bonds is 7. The molecule has 3 aromatic carbocycles. The number of benzene rings is 3. The lowest BCUT2D eigenvalue weighted by molar-refractivity contribution is 0.103. The van der Waals surface area contributed by atoms with E-state index in [1.807, 2.05) is 28.8 Å². The second-order valence-electron chi connectivity index (χ2n) is 7.41. The van der Waals surface area contributed by atoms with Gasteiger partial charge >= 0.3 is 0 Å². The van der Waals surface area contributed by atoms with E-state index in [1.165, 1.54) is 14.2 Å². The lowest BCUT2D eigenvalue weighted by Gasteiger charge is -2.16. The third-order valence-electron chi connectivity index (χ3n) is 5.45. The van der Waals surface area contributed by atoms with Crippen molar-refractivity contribution >= 4 is 28.3 Å². The number of hydrogen-bond donors (Lipinski definition) is 0. The Bertz CT molecular complexity index is 1380. The molecule has 168 valence electrons. The maximum Gasteiger partial charge on any atom is 0.200 e. The van der Waals surface area contributed by atoms with Crippen LogP contribution in [0.1, 0.15) is 21.5 Å². The van der Waals surface area contributed by atoms with E-state index in [9.17, 15) is 9.59 Å². The molecular formula is C26H22ClNO5. The smallest absolute Gasteiger partial charge is 0.200 e. The molecule has 33 heavy (non-hydrogen) atoms. The zero-order valence-electron chi connectivity index (χ0n) is 18.4. The van der Waals surface area contributed by atoms with Crippen molar-refractivity contribution in [1.82, 2.24) is 4.57 Å². The number of pyridine rings is 1. The van der Waals surface area contributed by atoms with Gasteiger partial charge < -0.3 is 18.8 Å². The highest BCUT2D eigenvalue weighted by atomic mass is 35.5. The number of nitrogens with zero attached hydrogens (tertiary/aromatic N) is 1. The molecule has 0 bridgehead atoms. The minimum Gasteiger partial charge on any atom is -0.497 e. The number of carbonyl (C=O) groups is 1. The monoisotopic (exact) mass is 463 g/mol. The molecule has 1 aromatic heterocycles. The Kier molecular flexibility index (Phi) is 6.38. The summed E-state index contributed by atoms with van der Waals surface area (Å²) in [5.74, 6) is 1.27. The van der Waals surface area contributed by atoms with Crippen LogP contribution in [0.2, 0.25) is 5.02 Å². The van der Waals surface area contributed by atoms with Crippen LogP contribution in [0.25, 0.3) is 10.9 Å². The van der Waals surface area contributed by atoms with Crippen molar-refractivity contribution in [3.63, 3.8) is 0 Å². The van der Waals surface area contributed by atoms with Crippen molar-refractivity contribution in [3.8, 4) is 17.2 Å². The van der Waals surface area contributed by atoms with Crippen molar-refractivity contribution in [3.05, 3.63) is 98.8 Å². The normalized spacial score (nSPS) is 10.8. The SMILES string of the molecule is COc1ccc(Cn2cc(C(=O)c3ccc(Cl)cc3)c(=O)c3cc(OC)c(OC)cc32)cc1. The number of hydrogen-bond acceptors (Lipinski definition) is 5. The third-order valence-corrected chi connectivity index (χ3v) is 5.70. The van der Waals surface area contributed by atoms with Gasteiger partial charge in [-0.05, 0) is 48.0 Å². The van der Waals surface area contributed by atoms with Crippen LogP contribution in [-0.4, -0.2) is 31.7 Å². The van der Waals surface area contributed by atoms with Gasteiger partial charge in [0.15, 0.2) is 17.3 Å². The van der Waals surface area contributed by atoms with E-state index in [2.05, 4.69) is 0 Å². The fraction of sp³-hybridized carbons (Fsp3) is 0.154.